The van der Waals surface area contributed by atoms with E-state index in [9.17, 15) is 9.59 Å². The molecule has 0 N–H and O–H groups in total. The average Bonchev–Trinajstić information content (AvgIpc) is 2.80. The molecular weight excluding hydrogens is 380 g/mol. The molecule has 0 unspecified atom stereocenters. The highest BCUT2D eigenvalue weighted by molar-refractivity contribution is 5.94. The van der Waals surface area contributed by atoms with Crippen LogP contribution in [0.25, 0.3) is 11.0 Å². The molecule has 7 nitrogen and oxygen atoms in total. The molecular formula is C23H26N4O3. The number of hydrogen-bond acceptors (Lipinski definition) is 5. The second-order valence-corrected chi connectivity index (χ2v) is 7.39. The Morgan fingerprint density at radius 2 is 1.73 bits per heavy atom. The van der Waals surface area contributed by atoms with E-state index in [2.05, 4.69) is 11.9 Å². The van der Waals surface area contributed by atoms with E-state index in [1.54, 1.807) is 31.4 Å². The summed E-state index contributed by atoms with van der Waals surface area (Å²) in [6, 6.07) is 14.9. The number of benzene rings is 2. The minimum absolute atomic E-state index is 0.00725. The lowest BCUT2D eigenvalue weighted by atomic mass is 10.1. The van der Waals surface area contributed by atoms with Crippen LogP contribution < -0.4 is 15.2 Å². The summed E-state index contributed by atoms with van der Waals surface area (Å²) in [7, 11) is 1.60. The Hall–Kier alpha value is -3.35. The van der Waals surface area contributed by atoms with Crippen molar-refractivity contribution in [3.8, 4) is 5.75 Å². The van der Waals surface area contributed by atoms with Crippen LogP contribution in [0, 0.1) is 0 Å². The standard InChI is InChI=1S/C23H26N4O3/c1-3-12-27-20-7-5-4-6-19(20)24-21(23(27)29)25-13-15-26(16-14-25)22(28)17-8-10-18(30-2)11-9-17/h4-11H,3,12-16H2,1-2H3. The summed E-state index contributed by atoms with van der Waals surface area (Å²) in [6.07, 6.45) is 0.873. The molecule has 0 saturated carbocycles. The summed E-state index contributed by atoms with van der Waals surface area (Å²) in [6.45, 7) is 4.97. The number of fused-ring (bicyclic) bond motifs is 1. The third-order valence-electron chi connectivity index (χ3n) is 5.49. The first kappa shape index (κ1) is 19.9. The second-order valence-electron chi connectivity index (χ2n) is 7.39. The van der Waals surface area contributed by atoms with Crippen molar-refractivity contribution in [3.05, 3.63) is 64.4 Å². The van der Waals surface area contributed by atoms with Crippen LogP contribution >= 0.6 is 0 Å². The molecule has 1 aromatic heterocycles. The number of methoxy groups -OCH3 is 1. The highest BCUT2D eigenvalue weighted by Gasteiger charge is 2.25. The van der Waals surface area contributed by atoms with Crippen molar-refractivity contribution >= 4 is 22.8 Å². The Kier molecular flexibility index (Phi) is 5.70. The van der Waals surface area contributed by atoms with Gasteiger partial charge in [0.1, 0.15) is 5.75 Å². The lowest BCUT2D eigenvalue weighted by Crippen LogP contribution is -2.50. The summed E-state index contributed by atoms with van der Waals surface area (Å²) in [5, 5.41) is 0. The van der Waals surface area contributed by atoms with Gasteiger partial charge < -0.3 is 19.1 Å². The highest BCUT2D eigenvalue weighted by atomic mass is 16.5. The minimum atomic E-state index is -0.0644. The minimum Gasteiger partial charge on any atom is -0.497 e. The fraction of sp³-hybridized carbons (Fsp3) is 0.348. The predicted molar refractivity (Wildman–Crippen MR) is 117 cm³/mol. The van der Waals surface area contributed by atoms with Crippen molar-refractivity contribution in [3.63, 3.8) is 0 Å². The molecule has 0 aliphatic carbocycles. The van der Waals surface area contributed by atoms with Gasteiger partial charge in [0.05, 0.1) is 18.1 Å². The van der Waals surface area contributed by atoms with Crippen LogP contribution in [-0.2, 0) is 6.54 Å². The number of carbonyl (C=O) groups is 1. The van der Waals surface area contributed by atoms with Crippen molar-refractivity contribution in [1.82, 2.24) is 14.5 Å². The number of nitrogens with zero attached hydrogens (tertiary/aromatic N) is 4. The Labute approximate surface area is 175 Å². The number of aryl methyl sites for hydroxylation is 1. The molecule has 1 aliphatic heterocycles. The summed E-state index contributed by atoms with van der Waals surface area (Å²) in [5.41, 5.74) is 2.25. The van der Waals surface area contributed by atoms with Gasteiger partial charge in [-0.15, -0.1) is 0 Å². The van der Waals surface area contributed by atoms with Gasteiger partial charge in [-0.1, -0.05) is 19.1 Å². The van der Waals surface area contributed by atoms with E-state index in [1.165, 1.54) is 0 Å². The van der Waals surface area contributed by atoms with Gasteiger partial charge in [0, 0.05) is 38.3 Å². The normalized spacial score (nSPS) is 14.2. The number of ether oxygens (including phenoxy) is 1. The maximum atomic E-state index is 13.1. The zero-order chi connectivity index (χ0) is 21.1. The molecule has 1 fully saturated rings. The fourth-order valence-corrected chi connectivity index (χ4v) is 3.87. The van der Waals surface area contributed by atoms with Crippen molar-refractivity contribution in [2.45, 2.75) is 19.9 Å². The third-order valence-corrected chi connectivity index (χ3v) is 5.49. The topological polar surface area (TPSA) is 67.7 Å². The van der Waals surface area contributed by atoms with Gasteiger partial charge in [-0.05, 0) is 42.8 Å². The Bertz CT molecular complexity index is 1100. The van der Waals surface area contributed by atoms with E-state index < -0.39 is 0 Å². The van der Waals surface area contributed by atoms with Crippen LogP contribution in [0.4, 0.5) is 5.82 Å². The molecule has 0 atom stereocenters. The third kappa shape index (κ3) is 3.75. The first-order valence-electron chi connectivity index (χ1n) is 10.3. The zero-order valence-electron chi connectivity index (χ0n) is 17.4. The maximum absolute atomic E-state index is 13.1. The van der Waals surface area contributed by atoms with Crippen LogP contribution in [0.1, 0.15) is 23.7 Å². The SMILES string of the molecule is CCCn1c(=O)c(N2CCN(C(=O)c3ccc(OC)cc3)CC2)nc2ccccc21. The van der Waals surface area contributed by atoms with E-state index in [4.69, 9.17) is 4.74 Å². The molecule has 156 valence electrons. The molecule has 0 spiro atoms. The molecule has 7 heteroatoms. The van der Waals surface area contributed by atoms with E-state index in [-0.39, 0.29) is 11.5 Å². The number of aromatic nitrogens is 2. The summed E-state index contributed by atoms with van der Waals surface area (Å²) < 4.78 is 6.97. The van der Waals surface area contributed by atoms with E-state index >= 15 is 0 Å². The number of para-hydroxylation sites is 2. The number of hydrogen-bond donors (Lipinski definition) is 0. The van der Waals surface area contributed by atoms with Gasteiger partial charge in [0.15, 0.2) is 5.82 Å². The largest absolute Gasteiger partial charge is 0.497 e. The number of anilines is 1. The van der Waals surface area contributed by atoms with Crippen molar-refractivity contribution in [2.75, 3.05) is 38.2 Å². The summed E-state index contributed by atoms with van der Waals surface area (Å²) in [4.78, 5) is 34.4. The molecule has 1 saturated heterocycles. The predicted octanol–water partition coefficient (Wildman–Crippen LogP) is 2.78. The maximum Gasteiger partial charge on any atom is 0.294 e. The lowest BCUT2D eigenvalue weighted by Gasteiger charge is -2.35. The molecule has 2 aromatic carbocycles. The zero-order valence-corrected chi connectivity index (χ0v) is 17.4. The first-order valence-corrected chi connectivity index (χ1v) is 10.3. The number of carbonyl (C=O) groups excluding carboxylic acids is 1. The second kappa shape index (κ2) is 8.57. The smallest absolute Gasteiger partial charge is 0.294 e. The summed E-state index contributed by atoms with van der Waals surface area (Å²) in [5.74, 6) is 1.19. The Morgan fingerprint density at radius 1 is 1.03 bits per heavy atom. The first-order chi connectivity index (χ1) is 14.6. The molecule has 0 radical (unpaired) electrons. The van der Waals surface area contributed by atoms with Gasteiger partial charge in [0.25, 0.3) is 11.5 Å². The van der Waals surface area contributed by atoms with Gasteiger partial charge in [-0.3, -0.25) is 9.59 Å². The molecule has 1 aliphatic rings. The highest BCUT2D eigenvalue weighted by Crippen LogP contribution is 2.18. The van der Waals surface area contributed by atoms with Crippen LogP contribution in [-0.4, -0.2) is 53.6 Å². The van der Waals surface area contributed by atoms with Gasteiger partial charge in [-0.2, -0.15) is 0 Å². The molecule has 1 amide bonds. The molecule has 2 heterocycles. The van der Waals surface area contributed by atoms with Crippen molar-refractivity contribution < 1.29 is 9.53 Å². The van der Waals surface area contributed by atoms with Gasteiger partial charge >= 0.3 is 0 Å². The van der Waals surface area contributed by atoms with Crippen molar-refractivity contribution in [2.24, 2.45) is 0 Å². The van der Waals surface area contributed by atoms with Gasteiger partial charge in [-0.25, -0.2) is 4.98 Å². The van der Waals surface area contributed by atoms with Crippen LogP contribution in [0.2, 0.25) is 0 Å². The molecule has 30 heavy (non-hydrogen) atoms. The van der Waals surface area contributed by atoms with Crippen molar-refractivity contribution in [1.29, 1.82) is 0 Å². The quantitative estimate of drug-likeness (QED) is 0.652. The van der Waals surface area contributed by atoms with E-state index in [0.29, 0.717) is 44.1 Å². The fourth-order valence-electron chi connectivity index (χ4n) is 3.87. The van der Waals surface area contributed by atoms with Gasteiger partial charge in [0.2, 0.25) is 0 Å². The van der Waals surface area contributed by atoms with E-state index in [0.717, 1.165) is 23.2 Å². The molecule has 4 rings (SSSR count). The average molecular weight is 406 g/mol. The van der Waals surface area contributed by atoms with Crippen LogP contribution in [0.15, 0.2) is 53.3 Å². The Balaban J connectivity index is 1.54. The Morgan fingerprint density at radius 3 is 2.40 bits per heavy atom. The van der Waals surface area contributed by atoms with Crippen LogP contribution in [0.5, 0.6) is 5.75 Å². The number of rotatable bonds is 5. The summed E-state index contributed by atoms with van der Waals surface area (Å²) >= 11 is 0. The van der Waals surface area contributed by atoms with Crippen LogP contribution in [0.3, 0.4) is 0 Å². The molecule has 0 bridgehead atoms. The monoisotopic (exact) mass is 406 g/mol. The lowest BCUT2D eigenvalue weighted by molar-refractivity contribution is 0.0746. The molecule has 3 aromatic rings. The van der Waals surface area contributed by atoms with E-state index in [1.807, 2.05) is 38.6 Å². The number of piperazine rings is 1. The number of amides is 1.